The molecule has 1 unspecified atom stereocenters. The van der Waals surface area contributed by atoms with Crippen molar-refractivity contribution in [3.05, 3.63) is 61.9 Å². The minimum atomic E-state index is -0.934. The first kappa shape index (κ1) is 28.3. The Morgan fingerprint density at radius 2 is 2.18 bits per heavy atom. The highest BCUT2D eigenvalue weighted by Gasteiger charge is 2.37. The third-order valence-corrected chi connectivity index (χ3v) is 7.90. The summed E-state index contributed by atoms with van der Waals surface area (Å²) in [5.74, 6) is -1.31. The van der Waals surface area contributed by atoms with Crippen LogP contribution >= 0.6 is 27.3 Å². The van der Waals surface area contributed by atoms with Crippen LogP contribution in [0.3, 0.4) is 0 Å². The van der Waals surface area contributed by atoms with Gasteiger partial charge in [0.1, 0.15) is 11.9 Å². The SMILES string of the molecule is CCOC(=O)C1=C(CN2CCOC(CC(C)(C)C(=O)O)C2)NC(c2nccs2)=N[C@H]1c1ccc(F)cc1Br. The van der Waals surface area contributed by atoms with Crippen molar-refractivity contribution >= 4 is 45.0 Å². The quantitative estimate of drug-likeness (QED) is 0.408. The number of aliphatic carboxylic acids is 1. The van der Waals surface area contributed by atoms with Crippen LogP contribution in [-0.2, 0) is 19.1 Å². The summed E-state index contributed by atoms with van der Waals surface area (Å²) in [7, 11) is 0. The number of aromatic nitrogens is 1. The Morgan fingerprint density at radius 3 is 2.84 bits per heavy atom. The number of ether oxygens (including phenoxy) is 2. The Labute approximate surface area is 232 Å². The van der Waals surface area contributed by atoms with Crippen molar-refractivity contribution in [3.8, 4) is 0 Å². The monoisotopic (exact) mass is 608 g/mol. The lowest BCUT2D eigenvalue weighted by Crippen LogP contribution is -2.48. The van der Waals surface area contributed by atoms with Gasteiger partial charge in [0.05, 0.1) is 30.3 Å². The summed E-state index contributed by atoms with van der Waals surface area (Å²) in [6.45, 7) is 7.15. The van der Waals surface area contributed by atoms with E-state index >= 15 is 0 Å². The molecule has 4 rings (SSSR count). The van der Waals surface area contributed by atoms with Crippen LogP contribution in [0.2, 0.25) is 0 Å². The number of carbonyl (C=O) groups excluding carboxylic acids is 1. The molecule has 2 aliphatic rings. The van der Waals surface area contributed by atoms with Crippen LogP contribution in [0.25, 0.3) is 0 Å². The van der Waals surface area contributed by atoms with E-state index in [0.29, 0.717) is 64.8 Å². The molecule has 1 aromatic carbocycles. The summed E-state index contributed by atoms with van der Waals surface area (Å²) in [5.41, 5.74) is 0.610. The predicted molar refractivity (Wildman–Crippen MR) is 145 cm³/mol. The largest absolute Gasteiger partial charge is 0.481 e. The average Bonchev–Trinajstić information content (AvgIpc) is 3.39. The summed E-state index contributed by atoms with van der Waals surface area (Å²) < 4.78 is 25.7. The van der Waals surface area contributed by atoms with Crippen molar-refractivity contribution in [2.75, 3.05) is 32.8 Å². The maximum absolute atomic E-state index is 13.9. The van der Waals surface area contributed by atoms with Gasteiger partial charge in [-0.05, 0) is 44.9 Å². The van der Waals surface area contributed by atoms with Gasteiger partial charge in [-0.15, -0.1) is 11.3 Å². The van der Waals surface area contributed by atoms with Crippen LogP contribution in [0.5, 0.6) is 0 Å². The molecular formula is C26H30BrFN4O5S. The molecule has 0 bridgehead atoms. The van der Waals surface area contributed by atoms with Gasteiger partial charge < -0.3 is 19.9 Å². The normalized spacial score (nSPS) is 20.6. The molecule has 1 fully saturated rings. The van der Waals surface area contributed by atoms with Crippen molar-refractivity contribution < 1.29 is 28.6 Å². The molecule has 3 heterocycles. The minimum Gasteiger partial charge on any atom is -0.481 e. The molecule has 2 atom stereocenters. The Hall–Kier alpha value is -2.67. The Balaban J connectivity index is 1.71. The number of esters is 1. The highest BCUT2D eigenvalue weighted by molar-refractivity contribution is 9.10. The molecule has 0 amide bonds. The predicted octanol–water partition coefficient (Wildman–Crippen LogP) is 4.15. The number of rotatable bonds is 9. The van der Waals surface area contributed by atoms with Gasteiger partial charge in [-0.2, -0.15) is 0 Å². The van der Waals surface area contributed by atoms with E-state index in [2.05, 4.69) is 31.1 Å². The lowest BCUT2D eigenvalue weighted by molar-refractivity contribution is -0.150. The number of benzene rings is 1. The molecule has 2 N–H and O–H groups in total. The number of halogens is 2. The van der Waals surface area contributed by atoms with Crippen LogP contribution in [-0.4, -0.2) is 71.7 Å². The van der Waals surface area contributed by atoms with E-state index in [-0.39, 0.29) is 12.7 Å². The number of nitrogens with one attached hydrogen (secondary N) is 1. The number of carboxylic acid groups (broad SMARTS) is 1. The van der Waals surface area contributed by atoms with Crippen LogP contribution < -0.4 is 5.32 Å². The van der Waals surface area contributed by atoms with Crippen LogP contribution in [0.15, 0.2) is 50.5 Å². The summed E-state index contributed by atoms with van der Waals surface area (Å²) in [6.07, 6.45) is 1.75. The molecule has 9 nitrogen and oxygen atoms in total. The zero-order chi connectivity index (χ0) is 27.4. The van der Waals surface area contributed by atoms with Gasteiger partial charge >= 0.3 is 11.9 Å². The maximum atomic E-state index is 13.9. The molecule has 1 saturated heterocycles. The van der Waals surface area contributed by atoms with Crippen molar-refractivity contribution in [2.45, 2.75) is 39.3 Å². The number of nitrogens with zero attached hydrogens (tertiary/aromatic N) is 3. The number of amidine groups is 1. The van der Waals surface area contributed by atoms with Gasteiger partial charge in [-0.25, -0.2) is 14.2 Å². The molecule has 0 spiro atoms. The van der Waals surface area contributed by atoms with Gasteiger partial charge in [0.2, 0.25) is 0 Å². The highest BCUT2D eigenvalue weighted by Crippen LogP contribution is 2.37. The second kappa shape index (κ2) is 12.0. The highest BCUT2D eigenvalue weighted by atomic mass is 79.9. The number of carboxylic acids is 1. The van der Waals surface area contributed by atoms with Gasteiger partial charge in [0, 0.05) is 41.4 Å². The lowest BCUT2D eigenvalue weighted by atomic mass is 9.86. The average molecular weight is 610 g/mol. The number of hydrogen-bond donors (Lipinski definition) is 2. The maximum Gasteiger partial charge on any atom is 0.338 e. The van der Waals surface area contributed by atoms with E-state index in [1.54, 1.807) is 33.0 Å². The van der Waals surface area contributed by atoms with Gasteiger partial charge in [0.25, 0.3) is 0 Å². The molecule has 38 heavy (non-hydrogen) atoms. The minimum absolute atomic E-state index is 0.180. The third kappa shape index (κ3) is 6.48. The number of aliphatic imine (C=N–C) groups is 1. The molecule has 0 radical (unpaired) electrons. The van der Waals surface area contributed by atoms with Gasteiger partial charge in [0.15, 0.2) is 10.8 Å². The molecule has 204 valence electrons. The Morgan fingerprint density at radius 1 is 1.39 bits per heavy atom. The van der Waals surface area contributed by atoms with E-state index in [9.17, 15) is 19.1 Å². The first-order valence-electron chi connectivity index (χ1n) is 12.3. The summed E-state index contributed by atoms with van der Waals surface area (Å²) in [6, 6.07) is 3.52. The van der Waals surface area contributed by atoms with E-state index in [4.69, 9.17) is 14.5 Å². The van der Waals surface area contributed by atoms with E-state index in [0.717, 1.165) is 0 Å². The molecule has 12 heteroatoms. The zero-order valence-corrected chi connectivity index (χ0v) is 23.8. The fourth-order valence-corrected chi connectivity index (χ4v) is 5.65. The van der Waals surface area contributed by atoms with E-state index < -0.39 is 29.2 Å². The fourth-order valence-electron chi connectivity index (χ4n) is 4.49. The number of morpholine rings is 1. The molecule has 2 aromatic rings. The van der Waals surface area contributed by atoms with Crippen molar-refractivity contribution in [3.63, 3.8) is 0 Å². The number of thiazole rings is 1. The molecule has 2 aliphatic heterocycles. The summed E-state index contributed by atoms with van der Waals surface area (Å²) in [4.78, 5) is 36.3. The third-order valence-electron chi connectivity index (χ3n) is 6.43. The van der Waals surface area contributed by atoms with Crippen LogP contribution in [0.4, 0.5) is 4.39 Å². The van der Waals surface area contributed by atoms with E-state index in [1.807, 2.05) is 5.38 Å². The van der Waals surface area contributed by atoms with Crippen LogP contribution in [0.1, 0.15) is 43.8 Å². The lowest BCUT2D eigenvalue weighted by Gasteiger charge is -2.37. The first-order chi connectivity index (χ1) is 18.1. The molecular weight excluding hydrogens is 579 g/mol. The molecule has 0 aliphatic carbocycles. The van der Waals surface area contributed by atoms with Crippen LogP contribution in [0, 0.1) is 11.2 Å². The van der Waals surface area contributed by atoms with Crippen molar-refractivity contribution in [1.29, 1.82) is 0 Å². The van der Waals surface area contributed by atoms with Gasteiger partial charge in [-0.1, -0.05) is 22.0 Å². The first-order valence-corrected chi connectivity index (χ1v) is 13.9. The fraction of sp³-hybridized carbons (Fsp3) is 0.462. The van der Waals surface area contributed by atoms with Crippen molar-refractivity contribution in [1.82, 2.24) is 15.2 Å². The smallest absolute Gasteiger partial charge is 0.338 e. The second-order valence-corrected chi connectivity index (χ2v) is 11.5. The summed E-state index contributed by atoms with van der Waals surface area (Å²) in [5, 5.41) is 15.4. The standard InChI is InChI=1S/C26H30BrFN4O5S/c1-4-36-24(33)20-19(14-32-8-9-37-16(13-32)12-26(2,3)25(34)35)30-22(23-29-7-10-38-23)31-21(20)17-6-5-15(28)11-18(17)27/h5-7,10-11,16,21H,4,8-9,12-14H2,1-3H3,(H,30,31)(H,34,35)/t16?,21-/m0/s1. The van der Waals surface area contributed by atoms with E-state index in [1.165, 1.54) is 23.5 Å². The topological polar surface area (TPSA) is 113 Å². The van der Waals surface area contributed by atoms with Crippen molar-refractivity contribution in [2.24, 2.45) is 10.4 Å². The number of hydrogen-bond acceptors (Lipinski definition) is 9. The molecule has 0 saturated carbocycles. The number of carbonyl (C=O) groups is 2. The second-order valence-electron chi connectivity index (χ2n) is 9.74. The molecule has 1 aromatic heterocycles. The summed E-state index contributed by atoms with van der Waals surface area (Å²) >= 11 is 4.85. The Bertz CT molecular complexity index is 1250. The van der Waals surface area contributed by atoms with Gasteiger partial charge in [-0.3, -0.25) is 14.7 Å². The Kier molecular flexibility index (Phi) is 8.96. The zero-order valence-electron chi connectivity index (χ0n) is 21.4.